The topological polar surface area (TPSA) is 66.5 Å². The molecule has 1 aliphatic rings. The van der Waals surface area contributed by atoms with Gasteiger partial charge < -0.3 is 5.32 Å². The molecule has 0 spiro atoms. The van der Waals surface area contributed by atoms with Crippen molar-refractivity contribution in [1.29, 1.82) is 0 Å². The van der Waals surface area contributed by atoms with Crippen LogP contribution >= 0.6 is 21.6 Å². The van der Waals surface area contributed by atoms with Gasteiger partial charge in [0, 0.05) is 43.2 Å². The number of nitrogens with zero attached hydrogens (tertiary/aromatic N) is 1. The monoisotopic (exact) mass is 287 g/mol. The van der Waals surface area contributed by atoms with E-state index in [-0.39, 0.29) is 30.7 Å². The second-order valence-corrected chi connectivity index (χ2v) is 6.11. The number of carbonyl (C=O) groups excluding carboxylic acids is 3. The van der Waals surface area contributed by atoms with Crippen molar-refractivity contribution in [1.82, 2.24) is 10.2 Å². The Hall–Kier alpha value is -0.950. The predicted octanol–water partition coefficient (Wildman–Crippen LogP) is 0.633. The molecule has 1 rings (SSSR count). The molecule has 0 aromatic carbocycles. The molecule has 0 saturated heterocycles. The first-order chi connectivity index (χ1) is 8.65. The lowest BCUT2D eigenvalue weighted by Gasteiger charge is -2.13. The zero-order valence-corrected chi connectivity index (χ0v) is 11.5. The van der Waals surface area contributed by atoms with Gasteiger partial charge in [0.1, 0.15) is 0 Å². The minimum Gasteiger partial charge on any atom is -0.355 e. The molecule has 3 amide bonds. The summed E-state index contributed by atoms with van der Waals surface area (Å²) in [5.41, 5.74) is 0. The third kappa shape index (κ3) is 5.14. The van der Waals surface area contributed by atoms with Gasteiger partial charge in [-0.05, 0) is 6.92 Å². The van der Waals surface area contributed by atoms with E-state index in [1.165, 1.54) is 12.2 Å². The molecule has 1 aliphatic heterocycles. The van der Waals surface area contributed by atoms with Gasteiger partial charge in [0.05, 0.1) is 0 Å². The second-order valence-electron chi connectivity index (χ2n) is 3.41. The van der Waals surface area contributed by atoms with Gasteiger partial charge in [0.25, 0.3) is 11.8 Å². The van der Waals surface area contributed by atoms with E-state index < -0.39 is 0 Å². The number of carbonyl (C=O) groups is 3. The van der Waals surface area contributed by atoms with Gasteiger partial charge >= 0.3 is 0 Å². The number of imide groups is 1. The fraction of sp³-hybridized carbons (Fsp3) is 0.455. The minimum absolute atomic E-state index is 0.136. The lowest BCUT2D eigenvalue weighted by molar-refractivity contribution is -0.137. The zero-order chi connectivity index (χ0) is 13.4. The Morgan fingerprint density at radius 3 is 2.56 bits per heavy atom. The van der Waals surface area contributed by atoms with E-state index in [0.717, 1.165) is 16.4 Å². The van der Waals surface area contributed by atoms with Crippen LogP contribution in [0.3, 0.4) is 0 Å². The van der Waals surface area contributed by atoms with Crippen LogP contribution in [0.2, 0.25) is 0 Å². The van der Waals surface area contributed by atoms with E-state index >= 15 is 0 Å². The van der Waals surface area contributed by atoms with Crippen molar-refractivity contribution in [2.24, 2.45) is 0 Å². The summed E-state index contributed by atoms with van der Waals surface area (Å²) in [7, 11) is 3.29. The van der Waals surface area contributed by atoms with Crippen LogP contribution in [0.1, 0.15) is 6.42 Å². The first kappa shape index (κ1) is 15.1. The van der Waals surface area contributed by atoms with Gasteiger partial charge in [-0.2, -0.15) is 0 Å². The summed E-state index contributed by atoms with van der Waals surface area (Å²) in [5, 5.41) is 2.73. The second kappa shape index (κ2) is 8.20. The molecule has 0 bridgehead atoms. The highest BCUT2D eigenvalue weighted by Gasteiger charge is 2.23. The largest absolute Gasteiger partial charge is 0.355 e. The quantitative estimate of drug-likeness (QED) is 0.403. The van der Waals surface area contributed by atoms with Crippen LogP contribution < -0.4 is 5.32 Å². The SMILES string of the molecule is [CH2]CSSCCNC(=O)CCN1C(=O)C=CC1=O. The molecule has 1 N–H and O–H groups in total. The normalized spacial score (nSPS) is 14.4. The van der Waals surface area contributed by atoms with Crippen molar-refractivity contribution in [3.05, 3.63) is 19.1 Å². The van der Waals surface area contributed by atoms with Crippen LogP contribution in [0.5, 0.6) is 0 Å². The van der Waals surface area contributed by atoms with Crippen LogP contribution in [-0.4, -0.2) is 47.2 Å². The smallest absolute Gasteiger partial charge is 0.253 e. The average molecular weight is 287 g/mol. The molecule has 1 heterocycles. The molecule has 7 heteroatoms. The Labute approximate surface area is 114 Å². The van der Waals surface area contributed by atoms with Crippen molar-refractivity contribution in [3.63, 3.8) is 0 Å². The summed E-state index contributed by atoms with van der Waals surface area (Å²) in [5.74, 6) is 0.757. The average Bonchev–Trinajstić information content (AvgIpc) is 2.66. The minimum atomic E-state index is -0.352. The Morgan fingerprint density at radius 1 is 1.28 bits per heavy atom. The molecule has 0 unspecified atom stereocenters. The first-order valence-corrected chi connectivity index (χ1v) is 7.98. The predicted molar refractivity (Wildman–Crippen MR) is 73.8 cm³/mol. The Balaban J connectivity index is 2.10. The third-order valence-corrected chi connectivity index (χ3v) is 4.34. The maximum atomic E-state index is 11.4. The fourth-order valence-electron chi connectivity index (χ4n) is 1.30. The molecule has 0 aliphatic carbocycles. The zero-order valence-electron chi connectivity index (χ0n) is 9.89. The number of rotatable bonds is 8. The Morgan fingerprint density at radius 2 is 1.94 bits per heavy atom. The van der Waals surface area contributed by atoms with E-state index in [9.17, 15) is 14.4 Å². The van der Waals surface area contributed by atoms with E-state index in [1.54, 1.807) is 21.6 Å². The Kier molecular flexibility index (Phi) is 6.89. The van der Waals surface area contributed by atoms with Gasteiger partial charge in [-0.1, -0.05) is 21.6 Å². The maximum Gasteiger partial charge on any atom is 0.253 e. The lowest BCUT2D eigenvalue weighted by atomic mass is 10.3. The van der Waals surface area contributed by atoms with Crippen LogP contribution in [-0.2, 0) is 14.4 Å². The van der Waals surface area contributed by atoms with Gasteiger partial charge in [0.15, 0.2) is 0 Å². The van der Waals surface area contributed by atoms with Crippen molar-refractivity contribution >= 4 is 39.3 Å². The van der Waals surface area contributed by atoms with Gasteiger partial charge in [0.2, 0.25) is 5.91 Å². The van der Waals surface area contributed by atoms with Crippen molar-refractivity contribution in [2.45, 2.75) is 6.42 Å². The molecule has 1 radical (unpaired) electrons. The molecule has 99 valence electrons. The molecule has 18 heavy (non-hydrogen) atoms. The number of hydrogen-bond donors (Lipinski definition) is 1. The molecule has 0 saturated carbocycles. The molecule has 5 nitrogen and oxygen atoms in total. The van der Waals surface area contributed by atoms with Crippen LogP contribution in [0.4, 0.5) is 0 Å². The Bertz CT molecular complexity index is 340. The van der Waals surface area contributed by atoms with Gasteiger partial charge in [-0.3, -0.25) is 19.3 Å². The highest BCUT2D eigenvalue weighted by atomic mass is 33.1. The molecule has 0 atom stereocenters. The summed E-state index contributed by atoms with van der Waals surface area (Å²) in [4.78, 5) is 34.9. The summed E-state index contributed by atoms with van der Waals surface area (Å²) in [6, 6.07) is 0. The van der Waals surface area contributed by atoms with E-state index in [4.69, 9.17) is 0 Å². The number of nitrogens with one attached hydrogen (secondary N) is 1. The summed E-state index contributed by atoms with van der Waals surface area (Å²) < 4.78 is 0. The molecule has 0 aromatic rings. The highest BCUT2D eigenvalue weighted by molar-refractivity contribution is 8.76. The number of amides is 3. The molecular formula is C11H15N2O3S2. The standard InChI is InChI=1S/C11H15N2O3S2/c1-2-17-18-8-6-12-9(14)5-7-13-10(15)3-4-11(13)16/h3-4H,1-2,5-8H2,(H,12,14). The third-order valence-electron chi connectivity index (χ3n) is 2.14. The maximum absolute atomic E-state index is 11.4. The van der Waals surface area contributed by atoms with Crippen LogP contribution in [0.15, 0.2) is 12.2 Å². The highest BCUT2D eigenvalue weighted by Crippen LogP contribution is 2.18. The summed E-state index contributed by atoms with van der Waals surface area (Å²) in [6.07, 6.45) is 2.58. The van der Waals surface area contributed by atoms with E-state index in [2.05, 4.69) is 12.2 Å². The van der Waals surface area contributed by atoms with Crippen molar-refractivity contribution in [3.8, 4) is 0 Å². The van der Waals surface area contributed by atoms with Crippen molar-refractivity contribution in [2.75, 3.05) is 24.6 Å². The molecular weight excluding hydrogens is 272 g/mol. The lowest BCUT2D eigenvalue weighted by Crippen LogP contribution is -2.35. The molecule has 0 aromatic heterocycles. The van der Waals surface area contributed by atoms with Gasteiger partial charge in [-0.15, -0.1) is 0 Å². The van der Waals surface area contributed by atoms with Gasteiger partial charge in [-0.25, -0.2) is 0 Å². The van der Waals surface area contributed by atoms with Crippen molar-refractivity contribution < 1.29 is 14.4 Å². The van der Waals surface area contributed by atoms with E-state index in [1.807, 2.05) is 0 Å². The number of hydrogen-bond acceptors (Lipinski definition) is 5. The fourth-order valence-corrected chi connectivity index (χ4v) is 2.68. The molecule has 0 fully saturated rings. The van der Waals surface area contributed by atoms with Crippen LogP contribution in [0, 0.1) is 6.92 Å². The summed E-state index contributed by atoms with van der Waals surface area (Å²) >= 11 is 0. The first-order valence-electron chi connectivity index (χ1n) is 5.49. The van der Waals surface area contributed by atoms with E-state index in [0.29, 0.717) is 6.54 Å². The van der Waals surface area contributed by atoms with Crippen LogP contribution in [0.25, 0.3) is 0 Å². The summed E-state index contributed by atoms with van der Waals surface area (Å²) in [6.45, 7) is 4.40.